The molecular formula is C14H14FN3O3. The van der Waals surface area contributed by atoms with E-state index in [2.05, 4.69) is 10.3 Å². The Morgan fingerprint density at radius 3 is 2.81 bits per heavy atom. The summed E-state index contributed by atoms with van der Waals surface area (Å²) in [5, 5.41) is 16.9. The second-order valence-electron chi connectivity index (χ2n) is 4.91. The zero-order valence-corrected chi connectivity index (χ0v) is 11.2. The van der Waals surface area contributed by atoms with E-state index in [4.69, 9.17) is 4.74 Å². The van der Waals surface area contributed by atoms with Crippen molar-refractivity contribution < 1.29 is 19.0 Å². The van der Waals surface area contributed by atoms with Crippen molar-refractivity contribution in [2.24, 2.45) is 0 Å². The molecule has 2 aromatic rings. The Labute approximate surface area is 120 Å². The number of benzene rings is 1. The Bertz CT molecular complexity index is 648. The summed E-state index contributed by atoms with van der Waals surface area (Å²) in [5.74, 6) is -1.44. The van der Waals surface area contributed by atoms with Crippen molar-refractivity contribution in [3.63, 3.8) is 0 Å². The minimum absolute atomic E-state index is 0.0796. The van der Waals surface area contributed by atoms with Gasteiger partial charge in [-0.25, -0.2) is 13.9 Å². The quantitative estimate of drug-likeness (QED) is 0.932. The fourth-order valence-electron chi connectivity index (χ4n) is 2.46. The molecule has 3 rings (SSSR count). The van der Waals surface area contributed by atoms with Crippen molar-refractivity contribution in [1.82, 2.24) is 15.0 Å². The first kappa shape index (κ1) is 13.7. The first-order chi connectivity index (χ1) is 10.1. The van der Waals surface area contributed by atoms with Crippen LogP contribution in [0.5, 0.6) is 0 Å². The Morgan fingerprint density at radius 1 is 1.43 bits per heavy atom. The largest absolute Gasteiger partial charge is 0.476 e. The highest BCUT2D eigenvalue weighted by atomic mass is 19.1. The molecule has 0 aliphatic carbocycles. The first-order valence-electron chi connectivity index (χ1n) is 6.68. The molecule has 1 fully saturated rings. The van der Waals surface area contributed by atoms with E-state index in [-0.39, 0.29) is 17.6 Å². The lowest BCUT2D eigenvalue weighted by Crippen LogP contribution is -2.13. The van der Waals surface area contributed by atoms with Crippen LogP contribution in [0.1, 0.15) is 40.7 Å². The predicted molar refractivity (Wildman–Crippen MR) is 70.4 cm³/mol. The zero-order valence-electron chi connectivity index (χ0n) is 11.2. The summed E-state index contributed by atoms with van der Waals surface area (Å²) in [5.41, 5.74) is 1.21. The van der Waals surface area contributed by atoms with Gasteiger partial charge in [0.15, 0.2) is 5.69 Å². The Morgan fingerprint density at radius 2 is 2.19 bits per heavy atom. The Hall–Kier alpha value is -2.28. The standard InChI is InChI=1S/C14H14FN3O3/c15-10-5-3-9(4-6-10)8-18-13(11-2-1-7-21-11)12(14(19)20)16-17-18/h3-6,11H,1-2,7-8H2,(H,19,20). The second-order valence-corrected chi connectivity index (χ2v) is 4.91. The lowest BCUT2D eigenvalue weighted by molar-refractivity contribution is 0.0672. The summed E-state index contributed by atoms with van der Waals surface area (Å²) >= 11 is 0. The monoisotopic (exact) mass is 291 g/mol. The van der Waals surface area contributed by atoms with Crippen LogP contribution in [0.15, 0.2) is 24.3 Å². The average Bonchev–Trinajstić information content (AvgIpc) is 3.10. The fourth-order valence-corrected chi connectivity index (χ4v) is 2.46. The van der Waals surface area contributed by atoms with E-state index in [0.29, 0.717) is 18.8 Å². The van der Waals surface area contributed by atoms with Crippen LogP contribution >= 0.6 is 0 Å². The Kier molecular flexibility index (Phi) is 3.66. The molecule has 1 N–H and O–H groups in total. The fraction of sp³-hybridized carbons (Fsp3) is 0.357. The summed E-state index contributed by atoms with van der Waals surface area (Å²) in [6.45, 7) is 0.932. The number of carbonyl (C=O) groups is 1. The van der Waals surface area contributed by atoms with Crippen molar-refractivity contribution in [3.05, 3.63) is 47.0 Å². The molecule has 0 spiro atoms. The van der Waals surface area contributed by atoms with Gasteiger partial charge in [0.1, 0.15) is 17.6 Å². The van der Waals surface area contributed by atoms with Gasteiger partial charge in [0.2, 0.25) is 0 Å². The number of rotatable bonds is 4. The van der Waals surface area contributed by atoms with Crippen molar-refractivity contribution in [1.29, 1.82) is 0 Å². The van der Waals surface area contributed by atoms with E-state index in [1.165, 1.54) is 16.8 Å². The zero-order chi connectivity index (χ0) is 14.8. The van der Waals surface area contributed by atoms with Gasteiger partial charge in [-0.1, -0.05) is 17.3 Å². The molecule has 1 aromatic carbocycles. The molecule has 0 amide bonds. The molecule has 1 atom stereocenters. The van der Waals surface area contributed by atoms with Crippen molar-refractivity contribution in [3.8, 4) is 0 Å². The van der Waals surface area contributed by atoms with E-state index in [1.807, 2.05) is 0 Å². The van der Waals surface area contributed by atoms with Crippen molar-refractivity contribution in [2.45, 2.75) is 25.5 Å². The second kappa shape index (κ2) is 5.61. The van der Waals surface area contributed by atoms with E-state index in [1.54, 1.807) is 12.1 Å². The van der Waals surface area contributed by atoms with Crippen molar-refractivity contribution in [2.75, 3.05) is 6.61 Å². The van der Waals surface area contributed by atoms with Gasteiger partial charge in [0, 0.05) is 6.61 Å². The van der Waals surface area contributed by atoms with Crippen LogP contribution in [0.3, 0.4) is 0 Å². The molecule has 2 heterocycles. The topological polar surface area (TPSA) is 77.2 Å². The Balaban J connectivity index is 1.94. The molecule has 0 bridgehead atoms. The predicted octanol–water partition coefficient (Wildman–Crippen LogP) is 2.02. The third kappa shape index (κ3) is 2.78. The normalized spacial score (nSPS) is 18.0. The molecule has 1 aliphatic heterocycles. The highest BCUT2D eigenvalue weighted by Crippen LogP contribution is 2.30. The number of ether oxygens (including phenoxy) is 1. The number of carboxylic acid groups (broad SMARTS) is 1. The lowest BCUT2D eigenvalue weighted by atomic mass is 10.1. The summed E-state index contributed by atoms with van der Waals surface area (Å²) < 4.78 is 20.0. The highest BCUT2D eigenvalue weighted by molar-refractivity contribution is 5.86. The van der Waals surface area contributed by atoms with E-state index >= 15 is 0 Å². The van der Waals surface area contributed by atoms with Crippen LogP contribution in [0.25, 0.3) is 0 Å². The van der Waals surface area contributed by atoms with Crippen molar-refractivity contribution >= 4 is 5.97 Å². The van der Waals surface area contributed by atoms with Gasteiger partial charge in [0.05, 0.1) is 6.54 Å². The maximum Gasteiger partial charge on any atom is 0.358 e. The summed E-state index contributed by atoms with van der Waals surface area (Å²) in [7, 11) is 0. The highest BCUT2D eigenvalue weighted by Gasteiger charge is 2.29. The molecule has 6 nitrogen and oxygen atoms in total. The molecule has 0 saturated carbocycles. The smallest absolute Gasteiger partial charge is 0.358 e. The molecule has 21 heavy (non-hydrogen) atoms. The first-order valence-corrected chi connectivity index (χ1v) is 6.68. The van der Waals surface area contributed by atoms with Crippen LogP contribution in [-0.4, -0.2) is 32.7 Å². The maximum atomic E-state index is 12.9. The third-order valence-electron chi connectivity index (χ3n) is 3.46. The average molecular weight is 291 g/mol. The molecule has 7 heteroatoms. The number of aromatic carboxylic acids is 1. The molecule has 1 unspecified atom stereocenters. The summed E-state index contributed by atoms with van der Waals surface area (Å²) in [4.78, 5) is 11.3. The van der Waals surface area contributed by atoms with Gasteiger partial charge in [-0.15, -0.1) is 5.10 Å². The number of halogens is 1. The van der Waals surface area contributed by atoms with Crippen LogP contribution in [0.4, 0.5) is 4.39 Å². The maximum absolute atomic E-state index is 12.9. The number of hydrogen-bond acceptors (Lipinski definition) is 4. The number of nitrogens with zero attached hydrogens (tertiary/aromatic N) is 3. The SMILES string of the molecule is O=C(O)c1nnn(Cc2ccc(F)cc2)c1C1CCCO1. The molecular weight excluding hydrogens is 277 g/mol. The van der Waals surface area contributed by atoms with Gasteiger partial charge >= 0.3 is 5.97 Å². The van der Waals surface area contributed by atoms with E-state index < -0.39 is 5.97 Å². The lowest BCUT2D eigenvalue weighted by Gasteiger charge is -2.12. The van der Waals surface area contributed by atoms with Crippen LogP contribution in [0.2, 0.25) is 0 Å². The van der Waals surface area contributed by atoms with Gasteiger partial charge < -0.3 is 9.84 Å². The van der Waals surface area contributed by atoms with Crippen LogP contribution < -0.4 is 0 Å². The van der Waals surface area contributed by atoms with Gasteiger partial charge in [-0.05, 0) is 30.5 Å². The van der Waals surface area contributed by atoms with Gasteiger partial charge in [-0.3, -0.25) is 0 Å². The van der Waals surface area contributed by atoms with Gasteiger partial charge in [0.25, 0.3) is 0 Å². The molecule has 1 aromatic heterocycles. The number of carboxylic acids is 1. The van der Waals surface area contributed by atoms with Crippen LogP contribution in [0, 0.1) is 5.82 Å². The molecule has 0 radical (unpaired) electrons. The molecule has 1 saturated heterocycles. The molecule has 1 aliphatic rings. The number of aromatic nitrogens is 3. The minimum atomic E-state index is -1.12. The summed E-state index contributed by atoms with van der Waals surface area (Å²) in [6.07, 6.45) is 1.33. The third-order valence-corrected chi connectivity index (χ3v) is 3.46. The molecule has 110 valence electrons. The minimum Gasteiger partial charge on any atom is -0.476 e. The van der Waals surface area contributed by atoms with Crippen LogP contribution in [-0.2, 0) is 11.3 Å². The summed E-state index contributed by atoms with van der Waals surface area (Å²) in [6, 6.07) is 5.99. The van der Waals surface area contributed by atoms with E-state index in [0.717, 1.165) is 18.4 Å². The van der Waals surface area contributed by atoms with Gasteiger partial charge in [-0.2, -0.15) is 0 Å². The number of hydrogen-bond donors (Lipinski definition) is 1. The van der Waals surface area contributed by atoms with E-state index in [9.17, 15) is 14.3 Å².